The van der Waals surface area contributed by atoms with Crippen molar-refractivity contribution in [1.82, 2.24) is 35.6 Å². The van der Waals surface area contributed by atoms with Crippen molar-refractivity contribution in [1.29, 1.82) is 5.26 Å². The monoisotopic (exact) mass is 347 g/mol. The normalized spacial score (nSPS) is 11.5. The maximum absolute atomic E-state index is 13.0. The Morgan fingerprint density at radius 2 is 1.96 bits per heavy atom. The highest BCUT2D eigenvalue weighted by atomic mass is 19.1. The zero-order chi connectivity index (χ0) is 17.9. The fraction of sp³-hybridized carbons (Fsp3) is 0. The molecule has 0 aliphatic heterocycles. The van der Waals surface area contributed by atoms with Crippen LogP contribution in [0.5, 0.6) is 0 Å². The third-order valence-corrected chi connectivity index (χ3v) is 3.53. The molecule has 26 heavy (non-hydrogen) atoms. The maximum Gasteiger partial charge on any atom is 0.216 e. The Morgan fingerprint density at radius 1 is 1.15 bits per heavy atom. The Balaban J connectivity index is 1.62. The second kappa shape index (κ2) is 6.40. The Morgan fingerprint density at radius 3 is 2.69 bits per heavy atom. The van der Waals surface area contributed by atoms with Crippen LogP contribution in [0.15, 0.2) is 48.7 Å². The van der Waals surface area contributed by atoms with Crippen LogP contribution in [0.1, 0.15) is 5.82 Å². The Bertz CT molecular complexity index is 1120. The molecule has 2 N–H and O–H groups in total. The number of anilines is 1. The zero-order valence-corrected chi connectivity index (χ0v) is 13.1. The SMILES string of the molecule is N#CC(=CNc1ccc2nn(-c3ccc(F)cc3)nc2c1)c1nn[nH]n1. The molecule has 0 saturated heterocycles. The molecule has 0 unspecified atom stereocenters. The van der Waals surface area contributed by atoms with Crippen molar-refractivity contribution in [2.45, 2.75) is 0 Å². The molecule has 0 spiro atoms. The summed E-state index contributed by atoms with van der Waals surface area (Å²) in [7, 11) is 0. The van der Waals surface area contributed by atoms with Crippen molar-refractivity contribution < 1.29 is 4.39 Å². The van der Waals surface area contributed by atoms with Crippen molar-refractivity contribution in [2.75, 3.05) is 5.32 Å². The van der Waals surface area contributed by atoms with Crippen LogP contribution < -0.4 is 5.32 Å². The van der Waals surface area contributed by atoms with E-state index in [1.54, 1.807) is 30.3 Å². The molecule has 0 saturated carbocycles. The van der Waals surface area contributed by atoms with Crippen LogP contribution in [0.4, 0.5) is 10.1 Å². The minimum atomic E-state index is -0.321. The molecule has 0 atom stereocenters. The van der Waals surface area contributed by atoms with Crippen LogP contribution in [-0.2, 0) is 0 Å². The quantitative estimate of drug-likeness (QED) is 0.542. The molecular weight excluding hydrogens is 337 g/mol. The van der Waals surface area contributed by atoms with E-state index in [-0.39, 0.29) is 17.2 Å². The maximum atomic E-state index is 13.0. The van der Waals surface area contributed by atoms with Gasteiger partial charge < -0.3 is 5.32 Å². The third kappa shape index (κ3) is 2.96. The minimum absolute atomic E-state index is 0.198. The number of aromatic amines is 1. The number of nitrogens with zero attached hydrogens (tertiary/aromatic N) is 7. The molecular formula is C16H10FN9. The van der Waals surface area contributed by atoms with Crippen LogP contribution in [-0.4, -0.2) is 35.6 Å². The Labute approximate surface area is 145 Å². The van der Waals surface area contributed by atoms with Gasteiger partial charge in [0.1, 0.15) is 28.5 Å². The van der Waals surface area contributed by atoms with Crippen molar-refractivity contribution in [3.05, 3.63) is 60.3 Å². The first-order valence-electron chi connectivity index (χ1n) is 7.46. The number of nitriles is 1. The number of halogens is 1. The molecule has 4 rings (SSSR count). The van der Waals surface area contributed by atoms with Gasteiger partial charge in [0.15, 0.2) is 0 Å². The molecule has 0 aliphatic rings. The number of rotatable bonds is 4. The van der Waals surface area contributed by atoms with Gasteiger partial charge in [-0.15, -0.1) is 20.4 Å². The molecule has 0 radical (unpaired) electrons. The van der Waals surface area contributed by atoms with Gasteiger partial charge in [0.05, 0.1) is 5.69 Å². The number of aromatic nitrogens is 7. The van der Waals surface area contributed by atoms with Gasteiger partial charge >= 0.3 is 0 Å². The molecule has 126 valence electrons. The first kappa shape index (κ1) is 15.4. The van der Waals surface area contributed by atoms with E-state index in [2.05, 4.69) is 36.1 Å². The lowest BCUT2D eigenvalue weighted by Crippen LogP contribution is -1.97. The van der Waals surface area contributed by atoms with Gasteiger partial charge in [-0.25, -0.2) is 4.39 Å². The van der Waals surface area contributed by atoms with Gasteiger partial charge in [0.25, 0.3) is 0 Å². The third-order valence-electron chi connectivity index (χ3n) is 3.53. The summed E-state index contributed by atoms with van der Waals surface area (Å²) in [5.41, 5.74) is 2.92. The fourth-order valence-corrected chi connectivity index (χ4v) is 2.27. The number of hydrogen-bond donors (Lipinski definition) is 2. The summed E-state index contributed by atoms with van der Waals surface area (Å²) in [5.74, 6) is -0.123. The van der Waals surface area contributed by atoms with E-state index in [4.69, 9.17) is 5.26 Å². The van der Waals surface area contributed by atoms with Crippen molar-refractivity contribution in [3.63, 3.8) is 0 Å². The van der Waals surface area contributed by atoms with Crippen LogP contribution in [0.2, 0.25) is 0 Å². The van der Waals surface area contributed by atoms with Gasteiger partial charge in [-0.1, -0.05) is 0 Å². The van der Waals surface area contributed by atoms with E-state index in [1.807, 2.05) is 6.07 Å². The number of H-pyrrole nitrogens is 1. The highest BCUT2D eigenvalue weighted by Gasteiger charge is 2.07. The molecule has 0 aliphatic carbocycles. The predicted molar refractivity (Wildman–Crippen MR) is 90.2 cm³/mol. The average molecular weight is 347 g/mol. The highest BCUT2D eigenvalue weighted by Crippen LogP contribution is 2.18. The lowest BCUT2D eigenvalue weighted by Gasteiger charge is -2.00. The average Bonchev–Trinajstić information content (AvgIpc) is 3.32. The second-order valence-electron chi connectivity index (χ2n) is 5.22. The lowest BCUT2D eigenvalue weighted by atomic mass is 10.2. The van der Waals surface area contributed by atoms with Crippen LogP contribution in [0, 0.1) is 17.1 Å². The summed E-state index contributed by atoms with van der Waals surface area (Å²) >= 11 is 0. The molecule has 2 aromatic carbocycles. The first-order valence-corrected chi connectivity index (χ1v) is 7.46. The number of nitrogens with one attached hydrogen (secondary N) is 2. The minimum Gasteiger partial charge on any atom is -0.360 e. The molecule has 4 aromatic rings. The number of fused-ring (bicyclic) bond motifs is 1. The molecule has 2 heterocycles. The van der Waals surface area contributed by atoms with E-state index in [0.29, 0.717) is 22.4 Å². The predicted octanol–water partition coefficient (Wildman–Crippen LogP) is 2.05. The van der Waals surface area contributed by atoms with E-state index in [0.717, 1.165) is 0 Å². The summed E-state index contributed by atoms with van der Waals surface area (Å²) in [6, 6.07) is 13.3. The van der Waals surface area contributed by atoms with Gasteiger partial charge in [0.2, 0.25) is 5.82 Å². The van der Waals surface area contributed by atoms with Crippen molar-refractivity contribution in [2.24, 2.45) is 0 Å². The molecule has 9 nitrogen and oxygen atoms in total. The summed E-state index contributed by atoms with van der Waals surface area (Å²) in [6.07, 6.45) is 1.48. The van der Waals surface area contributed by atoms with Gasteiger partial charge in [-0.05, 0) is 47.7 Å². The fourth-order valence-electron chi connectivity index (χ4n) is 2.27. The lowest BCUT2D eigenvalue weighted by molar-refractivity contribution is 0.626. The molecule has 0 bridgehead atoms. The largest absolute Gasteiger partial charge is 0.360 e. The number of allylic oxidation sites excluding steroid dienone is 1. The number of hydrogen-bond acceptors (Lipinski definition) is 7. The molecule has 0 amide bonds. The standard InChI is InChI=1S/C16H10FN9/c17-11-1-4-13(5-2-11)26-22-14-6-3-12(7-15(14)23-26)19-9-10(8-18)16-20-24-25-21-16/h1-7,9,19H,(H,20,21,24,25). The number of benzene rings is 2. The second-order valence-corrected chi connectivity index (χ2v) is 5.22. The smallest absolute Gasteiger partial charge is 0.216 e. The topological polar surface area (TPSA) is 121 Å². The van der Waals surface area contributed by atoms with Crippen LogP contribution in [0.25, 0.3) is 22.3 Å². The summed E-state index contributed by atoms with van der Waals surface area (Å²) in [6.45, 7) is 0. The van der Waals surface area contributed by atoms with E-state index >= 15 is 0 Å². The molecule has 0 fully saturated rings. The van der Waals surface area contributed by atoms with Gasteiger partial charge in [0, 0.05) is 11.9 Å². The first-order chi connectivity index (χ1) is 12.7. The van der Waals surface area contributed by atoms with Crippen LogP contribution in [0.3, 0.4) is 0 Å². The Kier molecular flexibility index (Phi) is 3.79. The highest BCUT2D eigenvalue weighted by molar-refractivity contribution is 5.80. The van der Waals surface area contributed by atoms with Crippen LogP contribution >= 0.6 is 0 Å². The van der Waals surface area contributed by atoms with E-state index < -0.39 is 0 Å². The Hall–Kier alpha value is -4.13. The van der Waals surface area contributed by atoms with Crippen molar-refractivity contribution in [3.8, 4) is 11.8 Å². The molecule has 2 aromatic heterocycles. The van der Waals surface area contributed by atoms with Gasteiger partial charge in [-0.3, -0.25) is 0 Å². The van der Waals surface area contributed by atoms with Gasteiger partial charge in [-0.2, -0.15) is 15.3 Å². The summed E-state index contributed by atoms with van der Waals surface area (Å²) in [5, 5.41) is 34.2. The van der Waals surface area contributed by atoms with E-state index in [9.17, 15) is 4.39 Å². The summed E-state index contributed by atoms with van der Waals surface area (Å²) < 4.78 is 13.0. The summed E-state index contributed by atoms with van der Waals surface area (Å²) in [4.78, 5) is 1.43. The van der Waals surface area contributed by atoms with E-state index in [1.165, 1.54) is 23.1 Å². The number of tetrazole rings is 1. The molecule has 10 heteroatoms. The zero-order valence-electron chi connectivity index (χ0n) is 13.1. The van der Waals surface area contributed by atoms with Crippen molar-refractivity contribution >= 4 is 22.3 Å².